The third-order valence-corrected chi connectivity index (χ3v) is 5.50. The van der Waals surface area contributed by atoms with E-state index in [1.165, 1.54) is 11.8 Å². The average molecular weight is 477 g/mol. The van der Waals surface area contributed by atoms with E-state index in [0.717, 1.165) is 27.7 Å². The van der Waals surface area contributed by atoms with Crippen LogP contribution in [-0.2, 0) is 4.79 Å². The number of amides is 1. The maximum absolute atomic E-state index is 12.4. The van der Waals surface area contributed by atoms with E-state index >= 15 is 0 Å². The Hall–Kier alpha value is -0.800. The van der Waals surface area contributed by atoms with E-state index in [1.807, 2.05) is 25.1 Å². The summed E-state index contributed by atoms with van der Waals surface area (Å²) in [5.41, 5.74) is 0.900. The zero-order valence-corrected chi connectivity index (χ0v) is 17.7. The number of ether oxygens (including phenoxy) is 2. The minimum absolute atomic E-state index is 0.0212. The molecule has 0 unspecified atom stereocenters. The van der Waals surface area contributed by atoms with Gasteiger partial charge in [0.2, 0.25) is 0 Å². The molecule has 1 aliphatic heterocycles. The van der Waals surface area contributed by atoms with E-state index in [0.29, 0.717) is 28.1 Å². The van der Waals surface area contributed by atoms with Gasteiger partial charge in [-0.15, -0.1) is 0 Å². The Balaban J connectivity index is 2.31. The van der Waals surface area contributed by atoms with Crippen molar-refractivity contribution in [3.05, 3.63) is 26.2 Å². The Morgan fingerprint density at radius 3 is 2.71 bits per heavy atom. The Morgan fingerprint density at radius 2 is 2.08 bits per heavy atom. The summed E-state index contributed by atoms with van der Waals surface area (Å²) in [5.74, 6) is 1.40. The van der Waals surface area contributed by atoms with Crippen molar-refractivity contribution in [1.29, 1.82) is 0 Å². The van der Waals surface area contributed by atoms with E-state index in [9.17, 15) is 4.79 Å². The van der Waals surface area contributed by atoms with Crippen LogP contribution in [0.2, 0.25) is 0 Å². The predicted molar refractivity (Wildman–Crippen MR) is 112 cm³/mol. The highest BCUT2D eigenvalue weighted by atomic mass is 127. The second kappa shape index (κ2) is 9.05. The van der Waals surface area contributed by atoms with Crippen LogP contribution in [0.1, 0.15) is 32.3 Å². The maximum Gasteiger partial charge on any atom is 0.266 e. The molecule has 1 amide bonds. The molecule has 1 fully saturated rings. The molecular weight excluding hydrogens is 457 g/mol. The summed E-state index contributed by atoms with van der Waals surface area (Å²) in [5, 5.41) is 0. The van der Waals surface area contributed by atoms with Gasteiger partial charge in [-0.25, -0.2) is 0 Å². The molecule has 0 N–H and O–H groups in total. The molecule has 1 aliphatic rings. The highest BCUT2D eigenvalue weighted by Gasteiger charge is 2.31. The normalized spacial score (nSPS) is 16.2. The monoisotopic (exact) mass is 477 g/mol. The first-order valence-electron chi connectivity index (χ1n) is 7.77. The Morgan fingerprint density at radius 1 is 1.33 bits per heavy atom. The highest BCUT2D eigenvalue weighted by molar-refractivity contribution is 14.1. The van der Waals surface area contributed by atoms with Gasteiger partial charge in [0.25, 0.3) is 5.91 Å². The van der Waals surface area contributed by atoms with Gasteiger partial charge in [-0.05, 0) is 59.2 Å². The summed E-state index contributed by atoms with van der Waals surface area (Å²) in [6, 6.07) is 3.87. The van der Waals surface area contributed by atoms with Crippen molar-refractivity contribution in [3.63, 3.8) is 0 Å². The Kier molecular flexibility index (Phi) is 7.36. The SMILES string of the molecule is CCCOc1c(I)cc(/C=C2/SC(=S)N(CCC)C2=O)cc1OC. The van der Waals surface area contributed by atoms with Crippen molar-refractivity contribution in [2.24, 2.45) is 0 Å². The molecule has 1 heterocycles. The fraction of sp³-hybridized carbons (Fsp3) is 0.412. The molecular formula is C17H20INO3S2. The van der Waals surface area contributed by atoms with Crippen LogP contribution in [0, 0.1) is 3.57 Å². The molecule has 1 saturated heterocycles. The zero-order chi connectivity index (χ0) is 17.7. The quantitative estimate of drug-likeness (QED) is 0.324. The number of hydrogen-bond acceptors (Lipinski definition) is 5. The molecule has 0 aliphatic carbocycles. The van der Waals surface area contributed by atoms with Crippen LogP contribution in [0.3, 0.4) is 0 Å². The van der Waals surface area contributed by atoms with Gasteiger partial charge in [0.1, 0.15) is 4.32 Å². The lowest BCUT2D eigenvalue weighted by Gasteiger charge is -2.13. The van der Waals surface area contributed by atoms with Gasteiger partial charge in [0, 0.05) is 6.54 Å². The number of methoxy groups -OCH3 is 1. The Labute approximate surface area is 166 Å². The molecule has 4 nitrogen and oxygen atoms in total. The van der Waals surface area contributed by atoms with Crippen molar-refractivity contribution in [3.8, 4) is 11.5 Å². The first-order valence-corrected chi connectivity index (χ1v) is 10.1. The van der Waals surface area contributed by atoms with Crippen LogP contribution >= 0.6 is 46.6 Å². The van der Waals surface area contributed by atoms with E-state index in [1.54, 1.807) is 12.0 Å². The van der Waals surface area contributed by atoms with Gasteiger partial charge < -0.3 is 9.47 Å². The second-order valence-corrected chi connectivity index (χ2v) is 8.05. The third-order valence-electron chi connectivity index (χ3n) is 3.32. The number of rotatable bonds is 7. The fourth-order valence-corrected chi connectivity index (χ4v) is 4.32. The number of benzene rings is 1. The van der Waals surface area contributed by atoms with E-state index < -0.39 is 0 Å². The van der Waals surface area contributed by atoms with Crippen molar-refractivity contribution in [2.45, 2.75) is 26.7 Å². The largest absolute Gasteiger partial charge is 0.493 e. The van der Waals surface area contributed by atoms with Crippen LogP contribution < -0.4 is 9.47 Å². The predicted octanol–water partition coefficient (Wildman–Crippen LogP) is 4.70. The lowest BCUT2D eigenvalue weighted by molar-refractivity contribution is -0.122. The third kappa shape index (κ3) is 4.43. The van der Waals surface area contributed by atoms with E-state index in [2.05, 4.69) is 29.5 Å². The molecule has 24 heavy (non-hydrogen) atoms. The summed E-state index contributed by atoms with van der Waals surface area (Å²) in [4.78, 5) is 14.8. The van der Waals surface area contributed by atoms with Gasteiger partial charge in [0.15, 0.2) is 11.5 Å². The molecule has 0 spiro atoms. The summed E-state index contributed by atoms with van der Waals surface area (Å²) in [6.07, 6.45) is 3.68. The number of nitrogens with zero attached hydrogens (tertiary/aromatic N) is 1. The van der Waals surface area contributed by atoms with Crippen molar-refractivity contribution in [1.82, 2.24) is 4.90 Å². The molecule has 0 atom stereocenters. The fourth-order valence-electron chi connectivity index (χ4n) is 2.24. The van der Waals surface area contributed by atoms with Crippen LogP contribution in [-0.4, -0.2) is 35.4 Å². The number of hydrogen-bond donors (Lipinski definition) is 0. The minimum Gasteiger partial charge on any atom is -0.493 e. The lowest BCUT2D eigenvalue weighted by atomic mass is 10.2. The molecule has 130 valence electrons. The molecule has 0 bridgehead atoms. The van der Waals surface area contributed by atoms with E-state index in [-0.39, 0.29) is 5.91 Å². The van der Waals surface area contributed by atoms with Crippen molar-refractivity contribution < 1.29 is 14.3 Å². The van der Waals surface area contributed by atoms with E-state index in [4.69, 9.17) is 21.7 Å². The first-order chi connectivity index (χ1) is 11.5. The lowest BCUT2D eigenvalue weighted by Crippen LogP contribution is -2.28. The van der Waals surface area contributed by atoms with Gasteiger partial charge in [-0.2, -0.15) is 0 Å². The smallest absolute Gasteiger partial charge is 0.266 e. The Bertz CT molecular complexity index is 676. The number of thioether (sulfide) groups is 1. The number of halogens is 1. The zero-order valence-electron chi connectivity index (χ0n) is 13.9. The van der Waals surface area contributed by atoms with Crippen molar-refractivity contribution in [2.75, 3.05) is 20.3 Å². The van der Waals surface area contributed by atoms with Gasteiger partial charge in [0.05, 0.1) is 22.2 Å². The second-order valence-electron chi connectivity index (χ2n) is 5.22. The van der Waals surface area contributed by atoms with Crippen LogP contribution in [0.15, 0.2) is 17.0 Å². The van der Waals surface area contributed by atoms with Crippen molar-refractivity contribution >= 4 is 62.9 Å². The molecule has 7 heteroatoms. The summed E-state index contributed by atoms with van der Waals surface area (Å²) in [6.45, 7) is 5.39. The first kappa shape index (κ1) is 19.5. The standard InChI is InChI=1S/C17H20INO3S2/c1-4-6-19-16(20)14(24-17(19)23)10-11-8-12(18)15(22-7-5-2)13(9-11)21-3/h8-10H,4-7H2,1-3H3/b14-10+. The minimum atomic E-state index is -0.0212. The van der Waals surface area contributed by atoms with Crippen LogP contribution in [0.5, 0.6) is 11.5 Å². The molecule has 0 saturated carbocycles. The van der Waals surface area contributed by atoms with Crippen LogP contribution in [0.4, 0.5) is 0 Å². The molecule has 0 aromatic heterocycles. The number of carbonyl (C=O) groups excluding carboxylic acids is 1. The molecule has 1 aromatic carbocycles. The van der Waals surface area contributed by atoms with Crippen LogP contribution in [0.25, 0.3) is 6.08 Å². The summed E-state index contributed by atoms with van der Waals surface area (Å²) < 4.78 is 12.8. The van der Waals surface area contributed by atoms with Gasteiger partial charge >= 0.3 is 0 Å². The number of thiocarbonyl (C=S) groups is 1. The maximum atomic E-state index is 12.4. The summed E-state index contributed by atoms with van der Waals surface area (Å²) >= 11 is 8.87. The average Bonchev–Trinajstić information content (AvgIpc) is 2.81. The van der Waals surface area contributed by atoms with Gasteiger partial charge in [-0.1, -0.05) is 37.8 Å². The number of carbonyl (C=O) groups is 1. The molecule has 1 aromatic rings. The highest BCUT2D eigenvalue weighted by Crippen LogP contribution is 2.37. The molecule has 0 radical (unpaired) electrons. The summed E-state index contributed by atoms with van der Waals surface area (Å²) in [7, 11) is 1.62. The van der Waals surface area contributed by atoms with Gasteiger partial charge in [-0.3, -0.25) is 9.69 Å². The topological polar surface area (TPSA) is 38.8 Å². The molecule has 2 rings (SSSR count).